The lowest BCUT2D eigenvalue weighted by molar-refractivity contribution is -0.113. The number of benzene rings is 2. The molecule has 0 spiro atoms. The summed E-state index contributed by atoms with van der Waals surface area (Å²) in [6.45, 7) is 5.31. The number of aryl methyl sites for hydroxylation is 1. The Labute approximate surface area is 191 Å². The second-order valence-electron chi connectivity index (χ2n) is 7.39. The largest absolute Gasteiger partial charge is 0.325 e. The van der Waals surface area contributed by atoms with Gasteiger partial charge in [0.1, 0.15) is 6.33 Å². The van der Waals surface area contributed by atoms with Gasteiger partial charge in [-0.15, -0.1) is 10.2 Å². The van der Waals surface area contributed by atoms with Crippen molar-refractivity contribution < 1.29 is 4.79 Å². The van der Waals surface area contributed by atoms with E-state index in [-0.39, 0.29) is 11.7 Å². The lowest BCUT2D eigenvalue weighted by atomic mass is 10.1. The van der Waals surface area contributed by atoms with Crippen LogP contribution in [0.15, 0.2) is 60.0 Å². The van der Waals surface area contributed by atoms with Crippen LogP contribution in [0.4, 0.5) is 5.69 Å². The van der Waals surface area contributed by atoms with Gasteiger partial charge in [0.05, 0.1) is 11.4 Å². The molecule has 2 aromatic carbocycles. The van der Waals surface area contributed by atoms with E-state index < -0.39 is 0 Å². The highest BCUT2D eigenvalue weighted by atomic mass is 32.2. The van der Waals surface area contributed by atoms with E-state index in [9.17, 15) is 4.79 Å². The zero-order valence-corrected chi connectivity index (χ0v) is 19.3. The summed E-state index contributed by atoms with van der Waals surface area (Å²) in [5.74, 6) is 2.62. The lowest BCUT2D eigenvalue weighted by Crippen LogP contribution is -2.31. The van der Waals surface area contributed by atoms with Crippen molar-refractivity contribution in [1.82, 2.24) is 19.7 Å². The van der Waals surface area contributed by atoms with Gasteiger partial charge in [0.15, 0.2) is 5.16 Å². The number of amides is 1. The van der Waals surface area contributed by atoms with Crippen molar-refractivity contribution in [3.63, 3.8) is 0 Å². The average molecular weight is 454 g/mol. The van der Waals surface area contributed by atoms with E-state index in [1.165, 1.54) is 34.4 Å². The number of carbonyl (C=O) groups is 1. The van der Waals surface area contributed by atoms with Gasteiger partial charge in [-0.2, -0.15) is 11.8 Å². The normalized spacial score (nSPS) is 14.5. The molecular formula is C23H27N5OS2. The summed E-state index contributed by atoms with van der Waals surface area (Å²) in [7, 11) is 0. The van der Waals surface area contributed by atoms with Crippen LogP contribution in [0.1, 0.15) is 18.1 Å². The van der Waals surface area contributed by atoms with E-state index in [1.54, 1.807) is 6.33 Å². The summed E-state index contributed by atoms with van der Waals surface area (Å²) < 4.78 is 1.95. The van der Waals surface area contributed by atoms with Gasteiger partial charge in [-0.3, -0.25) is 14.3 Å². The molecule has 1 amide bonds. The van der Waals surface area contributed by atoms with E-state index in [2.05, 4.69) is 51.6 Å². The number of hydrogen-bond acceptors (Lipinski definition) is 6. The Morgan fingerprint density at radius 1 is 1.16 bits per heavy atom. The zero-order valence-electron chi connectivity index (χ0n) is 17.7. The highest BCUT2D eigenvalue weighted by Gasteiger charge is 2.13. The quantitative estimate of drug-likeness (QED) is 0.518. The molecule has 162 valence electrons. The monoisotopic (exact) mass is 453 g/mol. The number of aromatic nitrogens is 3. The summed E-state index contributed by atoms with van der Waals surface area (Å²) in [5.41, 5.74) is 4.35. The van der Waals surface area contributed by atoms with E-state index in [0.29, 0.717) is 5.16 Å². The van der Waals surface area contributed by atoms with Gasteiger partial charge >= 0.3 is 0 Å². The van der Waals surface area contributed by atoms with Crippen molar-refractivity contribution in [1.29, 1.82) is 0 Å². The summed E-state index contributed by atoms with van der Waals surface area (Å²) in [6, 6.07) is 16.3. The van der Waals surface area contributed by atoms with Crippen LogP contribution in [0.3, 0.4) is 0 Å². The SMILES string of the molecule is CCc1ccccc1-n1cnnc1SCC(=O)Nc1cccc(CN2CCSCC2)c1. The molecule has 4 rings (SSSR count). The minimum absolute atomic E-state index is 0.0464. The smallest absolute Gasteiger partial charge is 0.234 e. The Hall–Kier alpha value is -2.29. The third-order valence-electron chi connectivity index (χ3n) is 5.20. The average Bonchev–Trinajstić information content (AvgIpc) is 3.27. The van der Waals surface area contributed by atoms with Crippen LogP contribution in [-0.2, 0) is 17.8 Å². The molecule has 1 N–H and O–H groups in total. The molecule has 2 heterocycles. The fraction of sp³-hybridized carbons (Fsp3) is 0.348. The predicted molar refractivity (Wildman–Crippen MR) is 129 cm³/mol. The minimum Gasteiger partial charge on any atom is -0.325 e. The fourth-order valence-corrected chi connectivity index (χ4v) is 5.33. The molecule has 1 saturated heterocycles. The highest BCUT2D eigenvalue weighted by molar-refractivity contribution is 7.99. The summed E-state index contributed by atoms with van der Waals surface area (Å²) >= 11 is 3.41. The maximum Gasteiger partial charge on any atom is 0.234 e. The molecule has 0 unspecified atom stereocenters. The lowest BCUT2D eigenvalue weighted by Gasteiger charge is -2.26. The Morgan fingerprint density at radius 2 is 2.00 bits per heavy atom. The molecule has 1 aliphatic heterocycles. The molecule has 8 heteroatoms. The van der Waals surface area contributed by atoms with Crippen LogP contribution in [-0.4, -0.2) is 55.9 Å². The van der Waals surface area contributed by atoms with Gasteiger partial charge in [0.2, 0.25) is 5.91 Å². The molecular weight excluding hydrogens is 426 g/mol. The van der Waals surface area contributed by atoms with Crippen molar-refractivity contribution in [2.45, 2.75) is 25.0 Å². The summed E-state index contributed by atoms with van der Waals surface area (Å²) in [6.07, 6.45) is 2.63. The Bertz CT molecular complexity index is 1020. The van der Waals surface area contributed by atoms with Gasteiger partial charge in [-0.25, -0.2) is 0 Å². The molecule has 1 aromatic heterocycles. The van der Waals surface area contributed by atoms with Crippen LogP contribution >= 0.6 is 23.5 Å². The van der Waals surface area contributed by atoms with Crippen molar-refractivity contribution in [3.8, 4) is 5.69 Å². The van der Waals surface area contributed by atoms with Crippen molar-refractivity contribution in [3.05, 3.63) is 66.0 Å². The molecule has 0 aliphatic carbocycles. The second kappa shape index (κ2) is 10.8. The molecule has 0 radical (unpaired) electrons. The number of para-hydroxylation sites is 1. The van der Waals surface area contributed by atoms with Crippen molar-refractivity contribution in [2.24, 2.45) is 0 Å². The Morgan fingerprint density at radius 3 is 2.84 bits per heavy atom. The number of nitrogens with zero attached hydrogens (tertiary/aromatic N) is 4. The van der Waals surface area contributed by atoms with Gasteiger partial charge in [-0.05, 0) is 35.7 Å². The van der Waals surface area contributed by atoms with E-state index in [1.807, 2.05) is 40.6 Å². The van der Waals surface area contributed by atoms with E-state index in [0.717, 1.165) is 37.4 Å². The Kier molecular flexibility index (Phi) is 7.66. The topological polar surface area (TPSA) is 63.1 Å². The number of anilines is 1. The standard InChI is InChI=1S/C23H27N5OS2/c1-2-19-7-3-4-9-21(19)28-17-24-26-23(28)31-16-22(29)25-20-8-5-6-18(14-20)15-27-10-12-30-13-11-27/h3-9,14,17H,2,10-13,15-16H2,1H3,(H,25,29). The van der Waals surface area contributed by atoms with Crippen LogP contribution in [0.2, 0.25) is 0 Å². The molecule has 1 aliphatic rings. The zero-order chi connectivity index (χ0) is 21.5. The van der Waals surface area contributed by atoms with Gasteiger partial charge in [-0.1, -0.05) is 49.0 Å². The molecule has 0 atom stereocenters. The third-order valence-corrected chi connectivity index (χ3v) is 7.09. The van der Waals surface area contributed by atoms with Gasteiger partial charge < -0.3 is 5.32 Å². The minimum atomic E-state index is -0.0464. The first-order valence-corrected chi connectivity index (χ1v) is 12.7. The fourth-order valence-electron chi connectivity index (χ4n) is 3.62. The molecule has 0 bridgehead atoms. The number of nitrogens with one attached hydrogen (secondary N) is 1. The maximum atomic E-state index is 12.6. The van der Waals surface area contributed by atoms with Crippen LogP contribution < -0.4 is 5.32 Å². The number of carbonyl (C=O) groups excluding carboxylic acids is 1. The van der Waals surface area contributed by atoms with Crippen LogP contribution in [0.5, 0.6) is 0 Å². The first kappa shape index (κ1) is 21.9. The number of thioether (sulfide) groups is 2. The van der Waals surface area contributed by atoms with Gasteiger partial charge in [0.25, 0.3) is 0 Å². The molecule has 31 heavy (non-hydrogen) atoms. The number of rotatable bonds is 8. The second-order valence-corrected chi connectivity index (χ2v) is 9.56. The van der Waals surface area contributed by atoms with Crippen molar-refractivity contribution >= 4 is 35.1 Å². The van der Waals surface area contributed by atoms with Gasteiger partial charge in [0, 0.05) is 36.8 Å². The summed E-state index contributed by atoms with van der Waals surface area (Å²) in [5, 5.41) is 12.0. The van der Waals surface area contributed by atoms with E-state index >= 15 is 0 Å². The van der Waals surface area contributed by atoms with Crippen molar-refractivity contribution in [2.75, 3.05) is 35.7 Å². The Balaban J connectivity index is 1.35. The number of hydrogen-bond donors (Lipinski definition) is 1. The molecule has 3 aromatic rings. The predicted octanol–water partition coefficient (Wildman–Crippen LogP) is 4.11. The maximum absolute atomic E-state index is 12.6. The summed E-state index contributed by atoms with van der Waals surface area (Å²) in [4.78, 5) is 15.0. The third kappa shape index (κ3) is 5.90. The van der Waals surface area contributed by atoms with E-state index in [4.69, 9.17) is 0 Å². The highest BCUT2D eigenvalue weighted by Crippen LogP contribution is 2.23. The first-order chi connectivity index (χ1) is 15.2. The molecule has 1 fully saturated rings. The molecule has 0 saturated carbocycles. The molecule has 6 nitrogen and oxygen atoms in total. The van der Waals surface area contributed by atoms with Crippen LogP contribution in [0.25, 0.3) is 5.69 Å². The first-order valence-electron chi connectivity index (χ1n) is 10.5. The van der Waals surface area contributed by atoms with Crippen LogP contribution in [0, 0.1) is 0 Å².